The normalized spacial score (nSPS) is 11.3. The molecule has 0 unspecified atom stereocenters. The minimum absolute atomic E-state index is 0.504. The summed E-state index contributed by atoms with van der Waals surface area (Å²) in [4.78, 5) is 0. The Bertz CT molecular complexity index is 876. The molecule has 0 bridgehead atoms. The molecular weight excluding hydrogens is 348 g/mol. The second kappa shape index (κ2) is 10.3. The van der Waals surface area contributed by atoms with Crippen molar-refractivity contribution < 1.29 is 0 Å². The summed E-state index contributed by atoms with van der Waals surface area (Å²) < 4.78 is 0. The lowest BCUT2D eigenvalue weighted by Crippen LogP contribution is -2.28. The smallest absolute Gasteiger partial charge is 0.175 e. The predicted octanol–water partition coefficient (Wildman–Crippen LogP) is 6.16. The lowest BCUT2D eigenvalue weighted by atomic mass is 10.0. The Morgan fingerprint density at radius 3 is 2.41 bits per heavy atom. The molecule has 0 aliphatic heterocycles. The van der Waals surface area contributed by atoms with Gasteiger partial charge in [0.25, 0.3) is 0 Å². The molecule has 3 heteroatoms. The fraction of sp³-hybridized carbons (Fsp3) is 0.125. The topological polar surface area (TPSA) is 24.1 Å². The molecule has 0 radical (unpaired) electrons. The zero-order chi connectivity index (χ0) is 19.6. The van der Waals surface area contributed by atoms with Gasteiger partial charge in [0.05, 0.1) is 0 Å². The molecule has 0 heterocycles. The molecule has 2 nitrogen and oxygen atoms in total. The van der Waals surface area contributed by atoms with Crippen LogP contribution in [0.3, 0.4) is 0 Å². The molecule has 0 aromatic heterocycles. The third-order valence-electron chi connectivity index (χ3n) is 3.94. The highest BCUT2D eigenvalue weighted by Gasteiger charge is 2.06. The first-order valence-electron chi connectivity index (χ1n) is 8.88. The van der Waals surface area contributed by atoms with Crippen molar-refractivity contribution in [2.75, 3.05) is 5.32 Å². The van der Waals surface area contributed by atoms with Crippen LogP contribution in [0.15, 0.2) is 103 Å². The predicted molar refractivity (Wildman–Crippen MR) is 122 cm³/mol. The monoisotopic (exact) mass is 374 g/mol. The highest BCUT2D eigenvalue weighted by molar-refractivity contribution is 7.80. The van der Waals surface area contributed by atoms with Crippen molar-refractivity contribution in [1.82, 2.24) is 5.32 Å². The summed E-state index contributed by atoms with van der Waals surface area (Å²) in [6.07, 6.45) is 6.78. The van der Waals surface area contributed by atoms with E-state index in [4.69, 9.17) is 12.2 Å². The van der Waals surface area contributed by atoms with Crippen LogP contribution in [-0.4, -0.2) is 5.11 Å². The van der Waals surface area contributed by atoms with Crippen molar-refractivity contribution in [3.63, 3.8) is 0 Å². The Labute approximate surface area is 168 Å². The highest BCUT2D eigenvalue weighted by Crippen LogP contribution is 2.17. The van der Waals surface area contributed by atoms with E-state index in [2.05, 4.69) is 60.2 Å². The Morgan fingerprint density at radius 1 is 1.04 bits per heavy atom. The van der Waals surface area contributed by atoms with Gasteiger partial charge in [-0.15, -0.1) is 0 Å². The minimum Gasteiger partial charge on any atom is -0.332 e. The number of nitrogens with one attached hydrogen (secondary N) is 2. The van der Waals surface area contributed by atoms with Gasteiger partial charge in [-0.2, -0.15) is 0 Å². The quantitative estimate of drug-likeness (QED) is 0.448. The number of hydrogen-bond donors (Lipinski definition) is 2. The lowest BCUT2D eigenvalue weighted by Gasteiger charge is -2.15. The van der Waals surface area contributed by atoms with Gasteiger partial charge in [0, 0.05) is 11.4 Å². The summed E-state index contributed by atoms with van der Waals surface area (Å²) in [5, 5.41) is 6.89. The summed E-state index contributed by atoms with van der Waals surface area (Å²) in [5.74, 6) is 0. The van der Waals surface area contributed by atoms with Crippen molar-refractivity contribution in [3.8, 4) is 0 Å². The highest BCUT2D eigenvalue weighted by atomic mass is 32.1. The zero-order valence-electron chi connectivity index (χ0n) is 16.0. The van der Waals surface area contributed by atoms with Gasteiger partial charge in [0.1, 0.15) is 0 Å². The molecule has 2 rings (SSSR count). The van der Waals surface area contributed by atoms with E-state index in [0.717, 1.165) is 29.0 Å². The van der Waals surface area contributed by atoms with Crippen molar-refractivity contribution in [2.45, 2.75) is 20.3 Å². The van der Waals surface area contributed by atoms with Gasteiger partial charge in [-0.1, -0.05) is 73.9 Å². The maximum absolute atomic E-state index is 5.45. The number of hydrogen-bond acceptors (Lipinski definition) is 1. The van der Waals surface area contributed by atoms with Crippen LogP contribution in [0.4, 0.5) is 5.69 Å². The summed E-state index contributed by atoms with van der Waals surface area (Å²) in [5.41, 5.74) is 6.04. The summed E-state index contributed by atoms with van der Waals surface area (Å²) in [6.45, 7) is 12.0. The fourth-order valence-corrected chi connectivity index (χ4v) is 2.89. The van der Waals surface area contributed by atoms with Gasteiger partial charge in [-0.3, -0.25) is 0 Å². The van der Waals surface area contributed by atoms with Crippen molar-refractivity contribution in [2.24, 2.45) is 0 Å². The van der Waals surface area contributed by atoms with Gasteiger partial charge >= 0.3 is 0 Å². The number of benzene rings is 2. The summed E-state index contributed by atoms with van der Waals surface area (Å²) >= 11 is 5.45. The molecule has 0 fully saturated rings. The van der Waals surface area contributed by atoms with Crippen molar-refractivity contribution >= 4 is 23.0 Å². The summed E-state index contributed by atoms with van der Waals surface area (Å²) in [7, 11) is 0. The van der Waals surface area contributed by atoms with Crippen LogP contribution in [0.25, 0.3) is 0 Å². The van der Waals surface area contributed by atoms with Crippen LogP contribution < -0.4 is 10.6 Å². The largest absolute Gasteiger partial charge is 0.332 e. The number of thiocarbonyl (C=S) groups is 1. The number of rotatable bonds is 7. The molecule has 2 aromatic rings. The second-order valence-corrected chi connectivity index (χ2v) is 6.72. The third-order valence-corrected chi connectivity index (χ3v) is 4.14. The Morgan fingerprint density at radius 2 is 1.74 bits per heavy atom. The van der Waals surface area contributed by atoms with Crippen molar-refractivity contribution in [1.29, 1.82) is 0 Å². The Kier molecular flexibility index (Phi) is 7.78. The maximum atomic E-state index is 5.45. The molecule has 0 saturated carbocycles. The zero-order valence-corrected chi connectivity index (χ0v) is 16.8. The Balaban J connectivity index is 2.02. The molecule has 138 valence electrons. The van der Waals surface area contributed by atoms with E-state index in [9.17, 15) is 0 Å². The van der Waals surface area contributed by atoms with Crippen molar-refractivity contribution in [3.05, 3.63) is 114 Å². The SMILES string of the molecule is C=C(C)/C(=C\C=C/C)C(=C)NC(=S)Nc1cccc(Cc2ccccc2)c1. The van der Waals surface area contributed by atoms with Crippen LogP contribution in [0.5, 0.6) is 0 Å². The lowest BCUT2D eigenvalue weighted by molar-refractivity contribution is 1.15. The van der Waals surface area contributed by atoms with E-state index in [-0.39, 0.29) is 0 Å². The van der Waals surface area contributed by atoms with E-state index >= 15 is 0 Å². The first kappa shape index (κ1) is 20.4. The van der Waals surface area contributed by atoms with Gasteiger partial charge in [-0.25, -0.2) is 0 Å². The van der Waals surface area contributed by atoms with Gasteiger partial charge in [-0.05, 0) is 66.9 Å². The molecular formula is C24H26N2S. The van der Waals surface area contributed by atoms with E-state index < -0.39 is 0 Å². The van der Waals surface area contributed by atoms with Gasteiger partial charge in [0.15, 0.2) is 5.11 Å². The molecule has 0 aliphatic carbocycles. The molecule has 0 saturated heterocycles. The molecule has 2 aromatic carbocycles. The molecule has 0 amide bonds. The van der Waals surface area contributed by atoms with Crippen LogP contribution in [0, 0.1) is 0 Å². The van der Waals surface area contributed by atoms with Crippen LogP contribution in [0.2, 0.25) is 0 Å². The first-order valence-corrected chi connectivity index (χ1v) is 9.29. The third kappa shape index (κ3) is 6.72. The molecule has 2 N–H and O–H groups in total. The number of anilines is 1. The second-order valence-electron chi connectivity index (χ2n) is 6.31. The fourth-order valence-electron chi connectivity index (χ4n) is 2.65. The standard InChI is InChI=1S/C24H26N2S/c1-5-6-15-23(18(2)3)19(4)25-24(27)26-22-14-10-13-21(17-22)16-20-11-8-7-9-12-20/h5-15,17H,2,4,16H2,1,3H3,(H2,25,26,27)/b6-5-,23-15+. The average Bonchev–Trinajstić information content (AvgIpc) is 2.62. The van der Waals surface area contributed by atoms with Gasteiger partial charge < -0.3 is 10.6 Å². The van der Waals surface area contributed by atoms with E-state index in [1.165, 1.54) is 11.1 Å². The molecule has 0 aliphatic rings. The van der Waals surface area contributed by atoms with Crippen LogP contribution >= 0.6 is 12.2 Å². The number of allylic oxidation sites excluding steroid dienone is 4. The average molecular weight is 375 g/mol. The maximum Gasteiger partial charge on any atom is 0.175 e. The van der Waals surface area contributed by atoms with Gasteiger partial charge in [0.2, 0.25) is 0 Å². The van der Waals surface area contributed by atoms with E-state index in [1.807, 2.05) is 50.3 Å². The van der Waals surface area contributed by atoms with Crippen LogP contribution in [-0.2, 0) is 6.42 Å². The molecule has 0 atom stereocenters. The minimum atomic E-state index is 0.504. The first-order chi connectivity index (χ1) is 13.0. The van der Waals surface area contributed by atoms with Crippen LogP contribution in [0.1, 0.15) is 25.0 Å². The van der Waals surface area contributed by atoms with E-state index in [0.29, 0.717) is 5.11 Å². The van der Waals surface area contributed by atoms with E-state index in [1.54, 1.807) is 0 Å². The molecule has 0 spiro atoms. The Hall–Kier alpha value is -2.91. The summed E-state index contributed by atoms with van der Waals surface area (Å²) in [6, 6.07) is 18.7. The molecule has 27 heavy (non-hydrogen) atoms.